The Morgan fingerprint density at radius 2 is 1.92 bits per heavy atom. The molecule has 2 heterocycles. The molecule has 3 rings (SSSR count). The van der Waals surface area contributed by atoms with Crippen LogP contribution in [0, 0.1) is 5.82 Å². The van der Waals surface area contributed by atoms with Crippen molar-refractivity contribution in [1.29, 1.82) is 0 Å². The molecule has 2 aliphatic rings. The van der Waals surface area contributed by atoms with Crippen LogP contribution in [0.25, 0.3) is 0 Å². The molecule has 130 valence electrons. The first-order chi connectivity index (χ1) is 11.2. The van der Waals surface area contributed by atoms with Crippen LogP contribution in [0.1, 0.15) is 45.7 Å². The Kier molecular flexibility index (Phi) is 4.01. The van der Waals surface area contributed by atoms with E-state index in [-0.39, 0.29) is 23.8 Å². The molecule has 1 aromatic carbocycles. The van der Waals surface area contributed by atoms with E-state index < -0.39 is 17.7 Å². The van der Waals surface area contributed by atoms with Crippen molar-refractivity contribution in [2.75, 3.05) is 6.54 Å². The molecule has 2 bridgehead atoms. The van der Waals surface area contributed by atoms with Crippen LogP contribution in [0.2, 0.25) is 0 Å². The van der Waals surface area contributed by atoms with Crippen LogP contribution in [0.15, 0.2) is 24.3 Å². The third-order valence-electron chi connectivity index (χ3n) is 4.61. The maximum Gasteiger partial charge on any atom is 0.411 e. The van der Waals surface area contributed by atoms with Crippen molar-refractivity contribution in [2.45, 2.75) is 57.8 Å². The topological polar surface area (TPSA) is 49.9 Å². The van der Waals surface area contributed by atoms with Crippen LogP contribution < -0.4 is 0 Å². The fourth-order valence-electron chi connectivity index (χ4n) is 3.53. The normalized spacial score (nSPS) is 24.5. The Morgan fingerprint density at radius 3 is 2.46 bits per heavy atom. The highest BCUT2D eigenvalue weighted by Crippen LogP contribution is 2.38. The maximum absolute atomic E-state index is 13.1. The fourth-order valence-corrected chi connectivity index (χ4v) is 3.53. The van der Waals surface area contributed by atoms with Crippen LogP contribution in [0.3, 0.4) is 0 Å². The lowest BCUT2D eigenvalue weighted by molar-refractivity contribution is -0.138. The van der Waals surface area contributed by atoms with Gasteiger partial charge in [-0.25, -0.2) is 9.18 Å². The molecule has 5 nitrogen and oxygen atoms in total. The van der Waals surface area contributed by atoms with E-state index in [0.29, 0.717) is 13.0 Å². The van der Waals surface area contributed by atoms with Gasteiger partial charge in [-0.15, -0.1) is 0 Å². The van der Waals surface area contributed by atoms with Crippen molar-refractivity contribution in [2.24, 2.45) is 0 Å². The molecule has 0 spiro atoms. The highest BCUT2D eigenvalue weighted by molar-refractivity contribution is 5.90. The van der Waals surface area contributed by atoms with Crippen LogP contribution in [0.5, 0.6) is 0 Å². The van der Waals surface area contributed by atoms with Crippen LogP contribution in [-0.4, -0.2) is 46.0 Å². The maximum atomic E-state index is 13.1. The van der Waals surface area contributed by atoms with Gasteiger partial charge < -0.3 is 9.64 Å². The van der Waals surface area contributed by atoms with E-state index in [0.717, 1.165) is 5.56 Å². The summed E-state index contributed by atoms with van der Waals surface area (Å²) in [5.41, 5.74) is 0.310. The zero-order valence-corrected chi connectivity index (χ0v) is 14.5. The summed E-state index contributed by atoms with van der Waals surface area (Å²) < 4.78 is 18.5. The minimum atomic E-state index is -0.580. The van der Waals surface area contributed by atoms with Gasteiger partial charge in [-0.3, -0.25) is 9.69 Å². The molecule has 2 aliphatic heterocycles. The standard InChI is InChI=1S/C18H23FN2O3/c1-11(12-5-7-13(19)8-6-12)21-14-9-15(16(21)22)20(10-14)17(23)24-18(2,3)4/h5-8,11,14-15H,9-10H2,1-4H3/t11-,14-,15?/m0/s1. The Hall–Kier alpha value is -2.11. The summed E-state index contributed by atoms with van der Waals surface area (Å²) >= 11 is 0. The molecule has 6 heteroatoms. The summed E-state index contributed by atoms with van der Waals surface area (Å²) in [5, 5.41) is 0. The van der Waals surface area contributed by atoms with Crippen molar-refractivity contribution < 1.29 is 18.7 Å². The quantitative estimate of drug-likeness (QED) is 0.835. The van der Waals surface area contributed by atoms with Crippen LogP contribution in [-0.2, 0) is 9.53 Å². The summed E-state index contributed by atoms with van der Waals surface area (Å²) in [6, 6.07) is 5.59. The Bertz CT molecular complexity index is 653. The second-order valence-electron chi connectivity index (χ2n) is 7.51. The lowest BCUT2D eigenvalue weighted by Crippen LogP contribution is -2.53. The molecule has 0 radical (unpaired) electrons. The van der Waals surface area contributed by atoms with E-state index in [1.165, 1.54) is 17.0 Å². The zero-order chi connectivity index (χ0) is 17.6. The van der Waals surface area contributed by atoms with E-state index in [4.69, 9.17) is 4.74 Å². The zero-order valence-electron chi connectivity index (χ0n) is 14.5. The first-order valence-corrected chi connectivity index (χ1v) is 8.24. The van der Waals surface area contributed by atoms with E-state index >= 15 is 0 Å². The Balaban J connectivity index is 1.72. The Labute approximate surface area is 141 Å². The number of fused-ring (bicyclic) bond motifs is 2. The van der Waals surface area contributed by atoms with Gasteiger partial charge in [0.05, 0.1) is 12.1 Å². The number of likely N-dealkylation sites (tertiary alicyclic amines) is 2. The van der Waals surface area contributed by atoms with Crippen molar-refractivity contribution in [3.8, 4) is 0 Å². The predicted octanol–water partition coefficient (Wildman–Crippen LogP) is 3.11. The molecular weight excluding hydrogens is 311 g/mol. The van der Waals surface area contributed by atoms with Crippen LogP contribution in [0.4, 0.5) is 9.18 Å². The molecule has 24 heavy (non-hydrogen) atoms. The van der Waals surface area contributed by atoms with Gasteiger partial charge in [0.2, 0.25) is 5.91 Å². The lowest BCUT2D eigenvalue weighted by Gasteiger charge is -2.38. The van der Waals surface area contributed by atoms with Crippen molar-refractivity contribution >= 4 is 12.0 Å². The summed E-state index contributed by atoms with van der Waals surface area (Å²) in [6.07, 6.45) is 0.196. The summed E-state index contributed by atoms with van der Waals surface area (Å²) in [4.78, 5) is 28.4. The minimum absolute atomic E-state index is 0.0185. The number of amides is 2. The third-order valence-corrected chi connectivity index (χ3v) is 4.61. The van der Waals surface area contributed by atoms with Gasteiger partial charge in [0.1, 0.15) is 17.5 Å². The first-order valence-electron chi connectivity index (χ1n) is 8.24. The number of hydrogen-bond donors (Lipinski definition) is 0. The van der Waals surface area contributed by atoms with E-state index in [1.807, 2.05) is 32.6 Å². The molecule has 0 saturated carbocycles. The molecule has 2 amide bonds. The number of halogens is 1. The molecule has 0 aliphatic carbocycles. The van der Waals surface area contributed by atoms with Gasteiger partial charge >= 0.3 is 6.09 Å². The summed E-state index contributed by atoms with van der Waals surface area (Å²) in [7, 11) is 0. The monoisotopic (exact) mass is 334 g/mol. The molecule has 3 atom stereocenters. The average molecular weight is 334 g/mol. The molecule has 2 fully saturated rings. The number of benzene rings is 1. The number of hydrogen-bond acceptors (Lipinski definition) is 3. The molecular formula is C18H23FN2O3. The van der Waals surface area contributed by atoms with E-state index in [1.54, 1.807) is 12.1 Å². The number of carbonyl (C=O) groups excluding carboxylic acids is 2. The molecule has 0 aromatic heterocycles. The summed E-state index contributed by atoms with van der Waals surface area (Å²) in [5.74, 6) is -0.356. The second-order valence-corrected chi connectivity index (χ2v) is 7.51. The number of rotatable bonds is 2. The van der Waals surface area contributed by atoms with E-state index in [9.17, 15) is 14.0 Å². The molecule has 0 N–H and O–H groups in total. The van der Waals surface area contributed by atoms with Gasteiger partial charge in [0.15, 0.2) is 0 Å². The second kappa shape index (κ2) is 5.76. The van der Waals surface area contributed by atoms with E-state index in [2.05, 4.69) is 0 Å². The average Bonchev–Trinajstić information content (AvgIpc) is 3.03. The molecule has 2 saturated heterocycles. The fraction of sp³-hybridized carbons (Fsp3) is 0.556. The predicted molar refractivity (Wildman–Crippen MR) is 86.8 cm³/mol. The number of ether oxygens (including phenoxy) is 1. The third kappa shape index (κ3) is 2.97. The highest BCUT2D eigenvalue weighted by Gasteiger charge is 2.53. The van der Waals surface area contributed by atoms with Crippen molar-refractivity contribution in [1.82, 2.24) is 9.80 Å². The smallest absolute Gasteiger partial charge is 0.411 e. The summed E-state index contributed by atoms with van der Waals surface area (Å²) in [6.45, 7) is 7.85. The van der Waals surface area contributed by atoms with Gasteiger partial charge in [0.25, 0.3) is 0 Å². The minimum Gasteiger partial charge on any atom is -0.444 e. The van der Waals surface area contributed by atoms with Crippen LogP contribution >= 0.6 is 0 Å². The number of carbonyl (C=O) groups is 2. The van der Waals surface area contributed by atoms with Gasteiger partial charge in [-0.2, -0.15) is 0 Å². The highest BCUT2D eigenvalue weighted by atomic mass is 19.1. The SMILES string of the molecule is C[C@@H](c1ccc(F)cc1)N1C(=O)C2C[C@H]1CN2C(=O)OC(C)(C)C. The van der Waals surface area contributed by atoms with Crippen molar-refractivity contribution in [3.63, 3.8) is 0 Å². The van der Waals surface area contributed by atoms with Gasteiger partial charge in [-0.1, -0.05) is 12.1 Å². The van der Waals surface area contributed by atoms with Gasteiger partial charge in [-0.05, 0) is 51.8 Å². The van der Waals surface area contributed by atoms with Gasteiger partial charge in [0, 0.05) is 6.54 Å². The molecule has 1 aromatic rings. The first kappa shape index (κ1) is 16.7. The lowest BCUT2D eigenvalue weighted by atomic mass is 10.1. The number of piperazine rings is 1. The number of nitrogens with zero attached hydrogens (tertiary/aromatic N) is 2. The Morgan fingerprint density at radius 1 is 1.29 bits per heavy atom. The van der Waals surface area contributed by atoms with Crippen molar-refractivity contribution in [3.05, 3.63) is 35.6 Å². The molecule has 1 unspecified atom stereocenters. The largest absolute Gasteiger partial charge is 0.444 e.